The molecule has 0 unspecified atom stereocenters. The van der Waals surface area contributed by atoms with Crippen LogP contribution in [-0.2, 0) is 16.5 Å². The molecule has 0 aliphatic carbocycles. The molecule has 1 aromatic carbocycles. The first-order chi connectivity index (χ1) is 9.34. The summed E-state index contributed by atoms with van der Waals surface area (Å²) < 4.78 is 32.5. The number of nitrogens with one attached hydrogen (secondary N) is 2. The van der Waals surface area contributed by atoms with Crippen molar-refractivity contribution in [2.24, 2.45) is 0 Å². The highest BCUT2D eigenvalue weighted by Crippen LogP contribution is 2.24. The summed E-state index contributed by atoms with van der Waals surface area (Å²) >= 11 is 0. The first-order valence-corrected chi connectivity index (χ1v) is 7.54. The minimum atomic E-state index is -4.55. The second-order valence-corrected chi connectivity index (χ2v) is 5.82. The Balaban J connectivity index is 2.91. The number of hydrogen-bond donors (Lipinski definition) is 3. The number of H-pyrrole nitrogens is 2. The second-order valence-electron chi connectivity index (χ2n) is 4.46. The van der Waals surface area contributed by atoms with Crippen molar-refractivity contribution >= 4 is 21.0 Å². The van der Waals surface area contributed by atoms with Crippen LogP contribution in [0.15, 0.2) is 26.6 Å². The topological polar surface area (TPSA) is 120 Å². The molecular formula is C12H14N2O5S. The Hall–Kier alpha value is -1.93. The number of aromatic nitrogens is 2. The van der Waals surface area contributed by atoms with Gasteiger partial charge in [0.15, 0.2) is 0 Å². The summed E-state index contributed by atoms with van der Waals surface area (Å²) in [6.45, 7) is 1.95. The van der Waals surface area contributed by atoms with Crippen LogP contribution >= 0.6 is 0 Å². The first-order valence-electron chi connectivity index (χ1n) is 6.10. The van der Waals surface area contributed by atoms with Gasteiger partial charge in [-0.2, -0.15) is 8.42 Å². The Bertz CT molecular complexity index is 864. The lowest BCUT2D eigenvalue weighted by Crippen LogP contribution is -2.23. The molecule has 0 atom stereocenters. The van der Waals surface area contributed by atoms with Crippen LogP contribution in [0.2, 0.25) is 0 Å². The maximum atomic E-state index is 11.7. The molecule has 3 N–H and O–H groups in total. The molecule has 8 heteroatoms. The van der Waals surface area contributed by atoms with Gasteiger partial charge in [-0.1, -0.05) is 19.4 Å². The molecule has 0 saturated carbocycles. The summed E-state index contributed by atoms with van der Waals surface area (Å²) in [7, 11) is -4.55. The van der Waals surface area contributed by atoms with E-state index in [1.165, 1.54) is 12.1 Å². The number of aryl methyl sites for hydroxylation is 1. The average molecular weight is 298 g/mol. The molecule has 0 amide bonds. The molecule has 0 bridgehead atoms. The van der Waals surface area contributed by atoms with Crippen LogP contribution in [0.5, 0.6) is 0 Å². The summed E-state index contributed by atoms with van der Waals surface area (Å²) in [4.78, 5) is 26.9. The quantitative estimate of drug-likeness (QED) is 0.721. The van der Waals surface area contributed by atoms with E-state index >= 15 is 0 Å². The van der Waals surface area contributed by atoms with E-state index in [1.54, 1.807) is 0 Å². The Morgan fingerprint density at radius 2 is 1.90 bits per heavy atom. The van der Waals surface area contributed by atoms with Crippen molar-refractivity contribution < 1.29 is 13.0 Å². The van der Waals surface area contributed by atoms with Crippen LogP contribution in [0, 0.1) is 0 Å². The van der Waals surface area contributed by atoms with E-state index in [4.69, 9.17) is 0 Å². The fraction of sp³-hybridized carbons (Fsp3) is 0.333. The van der Waals surface area contributed by atoms with Crippen molar-refractivity contribution in [1.29, 1.82) is 0 Å². The highest BCUT2D eigenvalue weighted by molar-refractivity contribution is 7.86. The van der Waals surface area contributed by atoms with Crippen molar-refractivity contribution in [2.75, 3.05) is 0 Å². The smallest absolute Gasteiger partial charge is 0.305 e. The molecule has 2 aromatic rings. The zero-order valence-electron chi connectivity index (χ0n) is 10.8. The molecule has 7 nitrogen and oxygen atoms in total. The summed E-state index contributed by atoms with van der Waals surface area (Å²) in [6, 6.07) is 2.92. The van der Waals surface area contributed by atoms with Gasteiger partial charge in [0.05, 0.1) is 10.9 Å². The summed E-state index contributed by atoms with van der Waals surface area (Å²) in [6.07, 6.45) is 1.99. The van der Waals surface area contributed by atoms with Gasteiger partial charge in [-0.3, -0.25) is 14.3 Å². The van der Waals surface area contributed by atoms with Gasteiger partial charge in [-0.25, -0.2) is 4.79 Å². The van der Waals surface area contributed by atoms with Crippen molar-refractivity contribution in [3.8, 4) is 0 Å². The number of benzene rings is 1. The SMILES string of the molecule is CCCCc1ccc2c(=O)[nH]c(=O)[nH]c2c1S(=O)(=O)O. The lowest BCUT2D eigenvalue weighted by Gasteiger charge is -2.09. The minimum absolute atomic E-state index is 0.0115. The van der Waals surface area contributed by atoms with Gasteiger partial charge in [-0.05, 0) is 24.5 Å². The molecule has 108 valence electrons. The second kappa shape index (κ2) is 5.22. The maximum Gasteiger partial charge on any atom is 0.326 e. The predicted octanol–water partition coefficient (Wildman–Crippen LogP) is 0.806. The van der Waals surface area contributed by atoms with E-state index in [0.29, 0.717) is 12.0 Å². The van der Waals surface area contributed by atoms with Crippen molar-refractivity contribution in [3.05, 3.63) is 38.5 Å². The van der Waals surface area contributed by atoms with E-state index in [-0.39, 0.29) is 10.9 Å². The Morgan fingerprint density at radius 3 is 2.50 bits per heavy atom. The number of fused-ring (bicyclic) bond motifs is 1. The third kappa shape index (κ3) is 2.66. The van der Waals surface area contributed by atoms with Crippen molar-refractivity contribution in [1.82, 2.24) is 9.97 Å². The molecule has 1 aromatic heterocycles. The molecule has 0 saturated heterocycles. The average Bonchev–Trinajstić information content (AvgIpc) is 2.33. The molecule has 0 fully saturated rings. The van der Waals surface area contributed by atoms with Crippen LogP contribution in [-0.4, -0.2) is 22.9 Å². The van der Waals surface area contributed by atoms with Gasteiger partial charge >= 0.3 is 5.69 Å². The largest absolute Gasteiger partial charge is 0.326 e. The van der Waals surface area contributed by atoms with Gasteiger partial charge in [0.25, 0.3) is 15.7 Å². The van der Waals surface area contributed by atoms with E-state index in [2.05, 4.69) is 4.98 Å². The highest BCUT2D eigenvalue weighted by atomic mass is 32.2. The number of aromatic amines is 2. The number of hydrogen-bond acceptors (Lipinski definition) is 4. The highest BCUT2D eigenvalue weighted by Gasteiger charge is 2.21. The molecule has 2 rings (SSSR count). The van der Waals surface area contributed by atoms with Gasteiger partial charge in [-0.15, -0.1) is 0 Å². The Kier molecular flexibility index (Phi) is 3.78. The summed E-state index contributed by atoms with van der Waals surface area (Å²) in [5, 5.41) is 0.0115. The molecule has 0 aliphatic heterocycles. The fourth-order valence-electron chi connectivity index (χ4n) is 2.11. The van der Waals surface area contributed by atoms with E-state index < -0.39 is 26.3 Å². The predicted molar refractivity (Wildman–Crippen MR) is 73.6 cm³/mol. The van der Waals surface area contributed by atoms with Gasteiger partial charge in [0, 0.05) is 0 Å². The Morgan fingerprint density at radius 1 is 1.20 bits per heavy atom. The van der Waals surface area contributed by atoms with Crippen LogP contribution < -0.4 is 11.2 Å². The van der Waals surface area contributed by atoms with Crippen LogP contribution in [0.25, 0.3) is 10.9 Å². The molecule has 20 heavy (non-hydrogen) atoms. The molecule has 1 heterocycles. The summed E-state index contributed by atoms with van der Waals surface area (Å²) in [5.74, 6) is 0. The van der Waals surface area contributed by atoms with Crippen molar-refractivity contribution in [3.63, 3.8) is 0 Å². The molecule has 0 aliphatic rings. The normalized spacial score (nSPS) is 11.9. The molecular weight excluding hydrogens is 284 g/mol. The zero-order valence-corrected chi connectivity index (χ0v) is 11.6. The third-order valence-electron chi connectivity index (χ3n) is 3.01. The van der Waals surface area contributed by atoms with E-state index in [9.17, 15) is 22.6 Å². The van der Waals surface area contributed by atoms with Gasteiger partial charge in [0.1, 0.15) is 4.90 Å². The van der Waals surface area contributed by atoms with Crippen LogP contribution in [0.4, 0.5) is 0 Å². The summed E-state index contributed by atoms with van der Waals surface area (Å²) in [5.41, 5.74) is -1.30. The van der Waals surface area contributed by atoms with Crippen LogP contribution in [0.1, 0.15) is 25.3 Å². The lowest BCUT2D eigenvalue weighted by atomic mass is 10.1. The molecule has 0 radical (unpaired) electrons. The lowest BCUT2D eigenvalue weighted by molar-refractivity contribution is 0.482. The standard InChI is InChI=1S/C12H14N2O5S/c1-2-3-4-7-5-6-8-9(10(7)20(17,18)19)13-12(16)14-11(8)15/h5-6H,2-4H2,1H3,(H,17,18,19)(H2,13,14,15,16). The van der Waals surface area contributed by atoms with E-state index in [0.717, 1.165) is 12.8 Å². The number of rotatable bonds is 4. The third-order valence-corrected chi connectivity index (χ3v) is 3.99. The first kappa shape index (κ1) is 14.5. The maximum absolute atomic E-state index is 11.7. The monoisotopic (exact) mass is 298 g/mol. The van der Waals surface area contributed by atoms with E-state index in [1.807, 2.05) is 11.9 Å². The van der Waals surface area contributed by atoms with Gasteiger partial charge < -0.3 is 4.98 Å². The van der Waals surface area contributed by atoms with Crippen molar-refractivity contribution in [2.45, 2.75) is 31.1 Å². The van der Waals surface area contributed by atoms with Gasteiger partial charge in [0.2, 0.25) is 0 Å². The zero-order chi connectivity index (χ0) is 14.9. The number of unbranched alkanes of at least 4 members (excludes halogenated alkanes) is 1. The fourth-order valence-corrected chi connectivity index (χ4v) is 3.03. The minimum Gasteiger partial charge on any atom is -0.305 e. The van der Waals surface area contributed by atoms with Crippen LogP contribution in [0.3, 0.4) is 0 Å². The molecule has 0 spiro atoms. The Labute approximate surface area is 114 Å².